The highest BCUT2D eigenvalue weighted by Crippen LogP contribution is 2.27. The standard InChI is InChI=1S/C22H19FN2/c1-15-3-5-17(6-4-15)14-20-22(18-7-9-19(23)10-8-18)24-21-13-16(2)11-12-25(20)21/h3-13H,14H2,1-2H3. The number of rotatable bonds is 3. The number of benzene rings is 2. The molecule has 124 valence electrons. The van der Waals surface area contributed by atoms with E-state index in [0.717, 1.165) is 29.0 Å². The molecule has 0 aliphatic heterocycles. The number of nitrogens with zero attached hydrogens (tertiary/aromatic N) is 2. The first-order valence-electron chi connectivity index (χ1n) is 8.39. The molecule has 0 spiro atoms. The Morgan fingerprint density at radius 2 is 1.60 bits per heavy atom. The third-order valence-electron chi connectivity index (χ3n) is 4.49. The molecule has 0 aliphatic carbocycles. The first-order valence-corrected chi connectivity index (χ1v) is 8.39. The van der Waals surface area contributed by atoms with Crippen LogP contribution in [-0.2, 0) is 6.42 Å². The van der Waals surface area contributed by atoms with Crippen LogP contribution in [0.1, 0.15) is 22.4 Å². The maximum atomic E-state index is 13.3. The summed E-state index contributed by atoms with van der Waals surface area (Å²) in [5, 5.41) is 0. The molecule has 25 heavy (non-hydrogen) atoms. The van der Waals surface area contributed by atoms with E-state index >= 15 is 0 Å². The molecule has 0 aliphatic rings. The lowest BCUT2D eigenvalue weighted by molar-refractivity contribution is 0.628. The smallest absolute Gasteiger partial charge is 0.137 e. The molecule has 3 heteroatoms. The predicted octanol–water partition coefficient (Wildman–Crippen LogP) is 5.35. The van der Waals surface area contributed by atoms with Gasteiger partial charge in [0.1, 0.15) is 11.5 Å². The second kappa shape index (κ2) is 6.17. The quantitative estimate of drug-likeness (QED) is 0.495. The molecule has 0 N–H and O–H groups in total. The van der Waals surface area contributed by atoms with Crippen molar-refractivity contribution in [1.29, 1.82) is 0 Å². The molecule has 0 radical (unpaired) electrons. The Balaban J connectivity index is 1.88. The average molecular weight is 330 g/mol. The summed E-state index contributed by atoms with van der Waals surface area (Å²) < 4.78 is 15.4. The number of hydrogen-bond acceptors (Lipinski definition) is 1. The van der Waals surface area contributed by atoms with Gasteiger partial charge in [-0.2, -0.15) is 0 Å². The van der Waals surface area contributed by atoms with Gasteiger partial charge in [-0.05, 0) is 61.4 Å². The third-order valence-corrected chi connectivity index (χ3v) is 4.49. The van der Waals surface area contributed by atoms with Crippen molar-refractivity contribution in [3.63, 3.8) is 0 Å². The molecule has 0 amide bonds. The van der Waals surface area contributed by atoms with Crippen LogP contribution in [0.2, 0.25) is 0 Å². The largest absolute Gasteiger partial charge is 0.303 e. The van der Waals surface area contributed by atoms with Gasteiger partial charge in [-0.3, -0.25) is 0 Å². The highest BCUT2D eigenvalue weighted by molar-refractivity contribution is 5.67. The molecule has 2 aromatic carbocycles. The monoisotopic (exact) mass is 330 g/mol. The molecular weight excluding hydrogens is 311 g/mol. The molecule has 0 bridgehead atoms. The maximum absolute atomic E-state index is 13.3. The summed E-state index contributed by atoms with van der Waals surface area (Å²) in [4.78, 5) is 4.83. The first kappa shape index (κ1) is 15.6. The third kappa shape index (κ3) is 3.05. The highest BCUT2D eigenvalue weighted by Gasteiger charge is 2.15. The number of halogens is 1. The van der Waals surface area contributed by atoms with Crippen molar-refractivity contribution in [2.24, 2.45) is 0 Å². The van der Waals surface area contributed by atoms with E-state index < -0.39 is 0 Å². The fourth-order valence-corrected chi connectivity index (χ4v) is 3.10. The first-order chi connectivity index (χ1) is 12.1. The number of imidazole rings is 1. The zero-order valence-electron chi connectivity index (χ0n) is 14.3. The minimum Gasteiger partial charge on any atom is -0.303 e. The molecule has 0 saturated carbocycles. The van der Waals surface area contributed by atoms with Gasteiger partial charge in [0.15, 0.2) is 0 Å². The van der Waals surface area contributed by atoms with Gasteiger partial charge in [0, 0.05) is 18.2 Å². The molecule has 4 aromatic rings. The summed E-state index contributed by atoms with van der Waals surface area (Å²) >= 11 is 0. The summed E-state index contributed by atoms with van der Waals surface area (Å²) in [6.45, 7) is 4.15. The maximum Gasteiger partial charge on any atom is 0.137 e. The van der Waals surface area contributed by atoms with Gasteiger partial charge in [0.25, 0.3) is 0 Å². The minimum atomic E-state index is -0.233. The van der Waals surface area contributed by atoms with Crippen LogP contribution in [0.3, 0.4) is 0 Å². The van der Waals surface area contributed by atoms with Crippen molar-refractivity contribution >= 4 is 5.65 Å². The lowest BCUT2D eigenvalue weighted by atomic mass is 10.0. The summed E-state index contributed by atoms with van der Waals surface area (Å²) in [6, 6.07) is 19.3. The molecule has 0 fully saturated rings. The van der Waals surface area contributed by atoms with Crippen LogP contribution in [0.4, 0.5) is 4.39 Å². The van der Waals surface area contributed by atoms with Gasteiger partial charge in [0.2, 0.25) is 0 Å². The highest BCUT2D eigenvalue weighted by atomic mass is 19.1. The Morgan fingerprint density at radius 3 is 2.32 bits per heavy atom. The van der Waals surface area contributed by atoms with Crippen molar-refractivity contribution in [3.8, 4) is 11.3 Å². The van der Waals surface area contributed by atoms with Crippen LogP contribution in [0.25, 0.3) is 16.9 Å². The van der Waals surface area contributed by atoms with Crippen molar-refractivity contribution in [2.75, 3.05) is 0 Å². The van der Waals surface area contributed by atoms with E-state index in [1.807, 2.05) is 0 Å². The van der Waals surface area contributed by atoms with Gasteiger partial charge < -0.3 is 4.40 Å². The molecule has 0 saturated heterocycles. The van der Waals surface area contributed by atoms with Crippen LogP contribution in [0.5, 0.6) is 0 Å². The topological polar surface area (TPSA) is 17.3 Å². The van der Waals surface area contributed by atoms with Crippen molar-refractivity contribution in [1.82, 2.24) is 9.38 Å². The Labute approximate surface area is 146 Å². The number of fused-ring (bicyclic) bond motifs is 1. The second-order valence-corrected chi connectivity index (χ2v) is 6.51. The Hall–Kier alpha value is -2.94. The van der Waals surface area contributed by atoms with Crippen molar-refractivity contribution in [2.45, 2.75) is 20.3 Å². The van der Waals surface area contributed by atoms with Gasteiger partial charge in [-0.15, -0.1) is 0 Å². The van der Waals surface area contributed by atoms with Crippen LogP contribution >= 0.6 is 0 Å². The van der Waals surface area contributed by atoms with Crippen molar-refractivity contribution < 1.29 is 4.39 Å². The summed E-state index contributed by atoms with van der Waals surface area (Å²) in [7, 11) is 0. The van der Waals surface area contributed by atoms with Gasteiger partial charge in [-0.25, -0.2) is 9.37 Å². The molecule has 0 atom stereocenters. The SMILES string of the molecule is Cc1ccc(Cc2c(-c3ccc(F)cc3)nc3cc(C)ccn23)cc1. The van der Waals surface area contributed by atoms with Gasteiger partial charge in [-0.1, -0.05) is 29.8 Å². The number of pyridine rings is 1. The van der Waals surface area contributed by atoms with Gasteiger partial charge >= 0.3 is 0 Å². The van der Waals surface area contributed by atoms with Crippen LogP contribution in [-0.4, -0.2) is 9.38 Å². The van der Waals surface area contributed by atoms with Crippen LogP contribution in [0.15, 0.2) is 66.9 Å². The predicted molar refractivity (Wildman–Crippen MR) is 99.3 cm³/mol. The van der Waals surface area contributed by atoms with Gasteiger partial charge in [0.05, 0.1) is 11.4 Å². The number of aromatic nitrogens is 2. The fraction of sp³-hybridized carbons (Fsp3) is 0.136. The minimum absolute atomic E-state index is 0.233. The number of aryl methyl sites for hydroxylation is 2. The molecular formula is C22H19FN2. The fourth-order valence-electron chi connectivity index (χ4n) is 3.10. The molecule has 2 aromatic heterocycles. The van der Waals surface area contributed by atoms with E-state index in [1.165, 1.54) is 28.8 Å². The Kier molecular flexibility index (Phi) is 3.85. The van der Waals surface area contributed by atoms with E-state index in [2.05, 4.69) is 60.8 Å². The van der Waals surface area contributed by atoms with E-state index in [4.69, 9.17) is 4.98 Å². The lowest BCUT2D eigenvalue weighted by Crippen LogP contribution is -1.97. The number of hydrogen-bond donors (Lipinski definition) is 0. The zero-order valence-corrected chi connectivity index (χ0v) is 14.3. The summed E-state index contributed by atoms with van der Waals surface area (Å²) in [5.41, 5.74) is 7.53. The second-order valence-electron chi connectivity index (χ2n) is 6.51. The van der Waals surface area contributed by atoms with Crippen LogP contribution < -0.4 is 0 Å². The van der Waals surface area contributed by atoms with E-state index in [0.29, 0.717) is 0 Å². The molecule has 4 rings (SSSR count). The molecule has 0 unspecified atom stereocenters. The zero-order chi connectivity index (χ0) is 17.4. The van der Waals surface area contributed by atoms with Crippen LogP contribution in [0, 0.1) is 19.7 Å². The van der Waals surface area contributed by atoms with E-state index in [1.54, 1.807) is 12.1 Å². The Morgan fingerprint density at radius 1 is 0.880 bits per heavy atom. The van der Waals surface area contributed by atoms with Crippen molar-refractivity contribution in [3.05, 3.63) is 95.1 Å². The van der Waals surface area contributed by atoms with E-state index in [-0.39, 0.29) is 5.82 Å². The summed E-state index contributed by atoms with van der Waals surface area (Å²) in [5.74, 6) is -0.233. The Bertz CT molecular complexity index is 1030. The summed E-state index contributed by atoms with van der Waals surface area (Å²) in [6.07, 6.45) is 2.84. The van der Waals surface area contributed by atoms with E-state index in [9.17, 15) is 4.39 Å². The average Bonchev–Trinajstić information content (AvgIpc) is 2.95. The normalized spacial score (nSPS) is 11.2. The lowest BCUT2D eigenvalue weighted by Gasteiger charge is -2.07. The molecule has 2 heterocycles. The molecule has 2 nitrogen and oxygen atoms in total.